The van der Waals surface area contributed by atoms with Gasteiger partial charge in [-0.2, -0.15) is 0 Å². The first-order valence-corrected chi connectivity index (χ1v) is 9.59. The Kier molecular flexibility index (Phi) is 10.6. The molecule has 0 bridgehead atoms. The van der Waals surface area contributed by atoms with Crippen LogP contribution < -0.4 is 0 Å². The molecule has 0 atom stereocenters. The van der Waals surface area contributed by atoms with Crippen LogP contribution in [0.15, 0.2) is 0 Å². The SMILES string of the molecule is CCCCCCCCCCN(C(C)(C)CC)C(C)(C)CC. The molecular formula is C20H43N. The largest absolute Gasteiger partial charge is 0.293 e. The summed E-state index contributed by atoms with van der Waals surface area (Å²) in [6, 6.07) is 0. The van der Waals surface area contributed by atoms with E-state index in [1.54, 1.807) is 0 Å². The Labute approximate surface area is 135 Å². The van der Waals surface area contributed by atoms with Gasteiger partial charge in [0.05, 0.1) is 0 Å². The molecule has 21 heavy (non-hydrogen) atoms. The average Bonchev–Trinajstić information content (AvgIpc) is 2.45. The normalized spacial score (nSPS) is 13.1. The topological polar surface area (TPSA) is 3.24 Å². The van der Waals surface area contributed by atoms with E-state index in [1.165, 1.54) is 70.8 Å². The van der Waals surface area contributed by atoms with E-state index in [4.69, 9.17) is 0 Å². The first kappa shape index (κ1) is 21.0. The Morgan fingerprint density at radius 2 is 0.952 bits per heavy atom. The molecule has 0 saturated heterocycles. The highest BCUT2D eigenvalue weighted by Crippen LogP contribution is 2.30. The van der Waals surface area contributed by atoms with E-state index in [0.717, 1.165) is 0 Å². The summed E-state index contributed by atoms with van der Waals surface area (Å²) in [5.74, 6) is 0. The predicted octanol–water partition coefficient (Wildman–Crippen LogP) is 6.81. The standard InChI is InChI=1S/C20H43N/c1-8-11-12-13-14-15-16-17-18-21(19(4,5)9-2)20(6,7)10-3/h8-18H2,1-7H3. The van der Waals surface area contributed by atoms with Gasteiger partial charge in [0, 0.05) is 11.1 Å². The maximum atomic E-state index is 2.76. The van der Waals surface area contributed by atoms with E-state index in [-0.39, 0.29) is 0 Å². The van der Waals surface area contributed by atoms with Crippen LogP contribution in [0, 0.1) is 0 Å². The fourth-order valence-electron chi connectivity index (χ4n) is 3.21. The molecule has 0 spiro atoms. The van der Waals surface area contributed by atoms with Crippen molar-refractivity contribution in [1.82, 2.24) is 4.90 Å². The molecule has 0 aliphatic carbocycles. The summed E-state index contributed by atoms with van der Waals surface area (Å²) in [7, 11) is 0. The summed E-state index contributed by atoms with van der Waals surface area (Å²) < 4.78 is 0. The molecule has 0 fully saturated rings. The minimum Gasteiger partial charge on any atom is -0.293 e. The Hall–Kier alpha value is -0.0400. The van der Waals surface area contributed by atoms with Gasteiger partial charge in [-0.25, -0.2) is 0 Å². The molecule has 0 aromatic carbocycles. The minimum absolute atomic E-state index is 0.320. The van der Waals surface area contributed by atoms with Crippen molar-refractivity contribution in [2.24, 2.45) is 0 Å². The molecule has 0 amide bonds. The molecule has 0 radical (unpaired) electrons. The molecule has 0 heterocycles. The zero-order valence-corrected chi connectivity index (χ0v) is 16.2. The van der Waals surface area contributed by atoms with Crippen LogP contribution in [-0.2, 0) is 0 Å². The number of nitrogens with zero attached hydrogens (tertiary/aromatic N) is 1. The smallest absolute Gasteiger partial charge is 0.0155 e. The Balaban J connectivity index is 4.10. The van der Waals surface area contributed by atoms with E-state index in [2.05, 4.69) is 53.4 Å². The van der Waals surface area contributed by atoms with Crippen LogP contribution in [0.4, 0.5) is 0 Å². The van der Waals surface area contributed by atoms with Gasteiger partial charge >= 0.3 is 0 Å². The third-order valence-corrected chi connectivity index (χ3v) is 5.43. The molecule has 0 N–H and O–H groups in total. The van der Waals surface area contributed by atoms with Gasteiger partial charge in [0.1, 0.15) is 0 Å². The van der Waals surface area contributed by atoms with Gasteiger partial charge in [0.15, 0.2) is 0 Å². The summed E-state index contributed by atoms with van der Waals surface area (Å²) in [5.41, 5.74) is 0.640. The highest BCUT2D eigenvalue weighted by molar-refractivity contribution is 4.90. The number of unbranched alkanes of at least 4 members (excludes halogenated alkanes) is 7. The fourth-order valence-corrected chi connectivity index (χ4v) is 3.21. The summed E-state index contributed by atoms with van der Waals surface area (Å²) in [4.78, 5) is 2.76. The zero-order chi connectivity index (χ0) is 16.4. The molecular weight excluding hydrogens is 254 g/mol. The minimum atomic E-state index is 0.320. The van der Waals surface area contributed by atoms with E-state index in [0.29, 0.717) is 11.1 Å². The maximum Gasteiger partial charge on any atom is 0.0155 e. The lowest BCUT2D eigenvalue weighted by Gasteiger charge is -2.48. The average molecular weight is 298 g/mol. The van der Waals surface area contributed by atoms with Crippen molar-refractivity contribution in [3.8, 4) is 0 Å². The fraction of sp³-hybridized carbons (Fsp3) is 1.00. The molecule has 1 heteroatoms. The van der Waals surface area contributed by atoms with Crippen LogP contribution in [0.5, 0.6) is 0 Å². The van der Waals surface area contributed by atoms with E-state index < -0.39 is 0 Å². The highest BCUT2D eigenvalue weighted by atomic mass is 15.2. The molecule has 0 aromatic heterocycles. The molecule has 0 unspecified atom stereocenters. The van der Waals surface area contributed by atoms with E-state index in [1.807, 2.05) is 0 Å². The second-order valence-electron chi connectivity index (χ2n) is 7.96. The second kappa shape index (κ2) is 10.6. The third kappa shape index (κ3) is 8.24. The van der Waals surface area contributed by atoms with Gasteiger partial charge in [0.2, 0.25) is 0 Å². The van der Waals surface area contributed by atoms with Crippen molar-refractivity contribution < 1.29 is 0 Å². The van der Waals surface area contributed by atoms with Crippen molar-refractivity contribution in [2.45, 2.75) is 124 Å². The Morgan fingerprint density at radius 3 is 1.33 bits per heavy atom. The van der Waals surface area contributed by atoms with Crippen LogP contribution in [-0.4, -0.2) is 22.5 Å². The summed E-state index contributed by atoms with van der Waals surface area (Å²) >= 11 is 0. The first-order chi connectivity index (χ1) is 9.81. The van der Waals surface area contributed by atoms with E-state index >= 15 is 0 Å². The number of hydrogen-bond donors (Lipinski definition) is 0. The van der Waals surface area contributed by atoms with Crippen molar-refractivity contribution in [3.05, 3.63) is 0 Å². The molecule has 0 aliphatic heterocycles. The van der Waals surface area contributed by atoms with Crippen LogP contribution in [0.1, 0.15) is 113 Å². The van der Waals surface area contributed by atoms with Crippen molar-refractivity contribution in [1.29, 1.82) is 0 Å². The van der Waals surface area contributed by atoms with Crippen LogP contribution >= 0.6 is 0 Å². The molecule has 0 aromatic rings. The lowest BCUT2D eigenvalue weighted by atomic mass is 9.88. The monoisotopic (exact) mass is 297 g/mol. The number of hydrogen-bond acceptors (Lipinski definition) is 1. The van der Waals surface area contributed by atoms with Gasteiger partial charge in [-0.15, -0.1) is 0 Å². The first-order valence-electron chi connectivity index (χ1n) is 9.59. The number of rotatable bonds is 13. The predicted molar refractivity (Wildman–Crippen MR) is 98.1 cm³/mol. The summed E-state index contributed by atoms with van der Waals surface area (Å²) in [5, 5.41) is 0. The summed E-state index contributed by atoms with van der Waals surface area (Å²) in [6.45, 7) is 17.9. The van der Waals surface area contributed by atoms with Gasteiger partial charge in [-0.05, 0) is 53.5 Å². The zero-order valence-electron chi connectivity index (χ0n) is 16.2. The Morgan fingerprint density at radius 1 is 0.571 bits per heavy atom. The highest BCUT2D eigenvalue weighted by Gasteiger charge is 2.34. The second-order valence-corrected chi connectivity index (χ2v) is 7.96. The molecule has 1 nitrogen and oxygen atoms in total. The van der Waals surface area contributed by atoms with Crippen LogP contribution in [0.25, 0.3) is 0 Å². The van der Waals surface area contributed by atoms with Crippen molar-refractivity contribution >= 4 is 0 Å². The molecule has 128 valence electrons. The van der Waals surface area contributed by atoms with Gasteiger partial charge in [-0.3, -0.25) is 4.90 Å². The van der Waals surface area contributed by atoms with Gasteiger partial charge < -0.3 is 0 Å². The third-order valence-electron chi connectivity index (χ3n) is 5.43. The van der Waals surface area contributed by atoms with Crippen LogP contribution in [0.3, 0.4) is 0 Å². The molecule has 0 rings (SSSR count). The lowest BCUT2D eigenvalue weighted by molar-refractivity contribution is 0.00963. The van der Waals surface area contributed by atoms with Crippen molar-refractivity contribution in [2.75, 3.05) is 6.54 Å². The molecule has 0 aliphatic rings. The quantitative estimate of drug-likeness (QED) is 0.338. The van der Waals surface area contributed by atoms with Gasteiger partial charge in [0.25, 0.3) is 0 Å². The van der Waals surface area contributed by atoms with E-state index in [9.17, 15) is 0 Å². The van der Waals surface area contributed by atoms with Crippen molar-refractivity contribution in [3.63, 3.8) is 0 Å². The summed E-state index contributed by atoms with van der Waals surface area (Å²) in [6.07, 6.45) is 13.7. The van der Waals surface area contributed by atoms with Crippen LogP contribution in [0.2, 0.25) is 0 Å². The Bertz CT molecular complexity index is 226. The maximum absolute atomic E-state index is 2.76. The van der Waals surface area contributed by atoms with Gasteiger partial charge in [-0.1, -0.05) is 65.7 Å². The molecule has 0 saturated carbocycles. The lowest BCUT2D eigenvalue weighted by Crippen LogP contribution is -2.55.